The normalized spacial score (nSPS) is 15.3. The minimum atomic E-state index is -0.154. The number of carbonyl (C=O) groups excluding carboxylic acids is 1. The number of pyridine rings is 1. The molecule has 8 nitrogen and oxygen atoms in total. The van der Waals surface area contributed by atoms with Gasteiger partial charge < -0.3 is 25.7 Å². The number of unbranched alkanes of at least 4 members (excludes halogenated alkanes) is 1. The van der Waals surface area contributed by atoms with E-state index in [4.69, 9.17) is 21.3 Å². The number of ether oxygens (including phenoxy) is 1. The molecule has 0 unspecified atom stereocenters. The minimum absolute atomic E-state index is 0.154. The predicted octanol–water partition coefficient (Wildman–Crippen LogP) is 3.23. The van der Waals surface area contributed by atoms with E-state index < -0.39 is 0 Å². The maximum Gasteiger partial charge on any atom is 0.317 e. The van der Waals surface area contributed by atoms with Gasteiger partial charge >= 0.3 is 6.03 Å². The fourth-order valence-electron chi connectivity index (χ4n) is 3.71. The minimum Gasteiger partial charge on any atom is -0.489 e. The molecule has 1 heterocycles. The van der Waals surface area contributed by atoms with Crippen molar-refractivity contribution in [1.82, 2.24) is 20.2 Å². The summed E-state index contributed by atoms with van der Waals surface area (Å²) in [5, 5.41) is 4.32. The van der Waals surface area contributed by atoms with E-state index in [0.29, 0.717) is 23.6 Å². The molecule has 0 saturated heterocycles. The van der Waals surface area contributed by atoms with Crippen molar-refractivity contribution in [3.8, 4) is 5.75 Å². The average molecular weight is 433 g/mol. The highest BCUT2D eigenvalue weighted by Crippen LogP contribution is 2.27. The number of rotatable bonds is 10. The van der Waals surface area contributed by atoms with E-state index in [0.717, 1.165) is 43.5 Å². The molecular weight excluding hydrogens is 392 g/mol. The first-order valence-electron chi connectivity index (χ1n) is 11.5. The highest BCUT2D eigenvalue weighted by molar-refractivity contribution is 5.74. The number of amides is 2. The van der Waals surface area contributed by atoms with Gasteiger partial charge in [0.2, 0.25) is 0 Å². The van der Waals surface area contributed by atoms with Gasteiger partial charge in [-0.1, -0.05) is 26.7 Å². The summed E-state index contributed by atoms with van der Waals surface area (Å²) in [6.07, 6.45) is 8.94. The van der Waals surface area contributed by atoms with Crippen LogP contribution in [0.25, 0.3) is 5.70 Å². The lowest BCUT2D eigenvalue weighted by Gasteiger charge is -2.25. The Kier molecular flexibility index (Phi) is 9.91. The second kappa shape index (κ2) is 12.4. The number of aromatic nitrogens is 1. The molecule has 0 aromatic carbocycles. The fraction of sp³-hybridized carbons (Fsp3) is 0.652. The van der Waals surface area contributed by atoms with Crippen LogP contribution in [0.2, 0.25) is 0 Å². The second-order valence-electron chi connectivity index (χ2n) is 8.28. The van der Waals surface area contributed by atoms with Crippen LogP contribution in [-0.2, 0) is 6.42 Å². The third-order valence-electron chi connectivity index (χ3n) is 5.73. The lowest BCUT2D eigenvalue weighted by Crippen LogP contribution is -2.42. The van der Waals surface area contributed by atoms with Crippen LogP contribution in [0.5, 0.6) is 5.75 Å². The number of nitrogens with one attached hydrogen (secondary N) is 1. The number of carbonyl (C=O) groups is 1. The second-order valence-corrected chi connectivity index (χ2v) is 8.28. The van der Waals surface area contributed by atoms with Gasteiger partial charge in [-0.05, 0) is 50.7 Å². The van der Waals surface area contributed by atoms with Gasteiger partial charge in [-0.25, -0.2) is 15.6 Å². The van der Waals surface area contributed by atoms with Crippen LogP contribution in [0.1, 0.15) is 70.2 Å². The first kappa shape index (κ1) is 24.8. The monoisotopic (exact) mass is 432 g/mol. The van der Waals surface area contributed by atoms with Crippen LogP contribution in [-0.4, -0.2) is 54.2 Å². The van der Waals surface area contributed by atoms with E-state index in [-0.39, 0.29) is 18.7 Å². The van der Waals surface area contributed by atoms with E-state index in [1.807, 2.05) is 12.1 Å². The SMILES string of the molecule is CCCCN(C)C(=O)NC/C(=C(/N)c1ccc(OC2CCCCC2)c(CC)n1)N(C)N. The van der Waals surface area contributed by atoms with Crippen molar-refractivity contribution in [2.24, 2.45) is 11.6 Å². The molecule has 174 valence electrons. The first-order chi connectivity index (χ1) is 14.9. The number of hydrazine groups is 1. The Morgan fingerprint density at radius 2 is 1.94 bits per heavy atom. The van der Waals surface area contributed by atoms with Crippen molar-refractivity contribution in [2.75, 3.05) is 27.2 Å². The molecule has 1 fully saturated rings. The molecule has 8 heteroatoms. The zero-order valence-corrected chi connectivity index (χ0v) is 19.6. The molecule has 2 amide bonds. The van der Waals surface area contributed by atoms with E-state index >= 15 is 0 Å². The van der Waals surface area contributed by atoms with Crippen molar-refractivity contribution in [3.05, 3.63) is 29.2 Å². The Bertz CT molecular complexity index is 744. The number of urea groups is 1. The molecule has 5 N–H and O–H groups in total. The maximum absolute atomic E-state index is 12.3. The van der Waals surface area contributed by atoms with Gasteiger partial charge in [0.1, 0.15) is 5.75 Å². The van der Waals surface area contributed by atoms with E-state index in [1.165, 1.54) is 24.3 Å². The topological polar surface area (TPSA) is 110 Å². The Morgan fingerprint density at radius 1 is 1.23 bits per heavy atom. The van der Waals surface area contributed by atoms with Crippen LogP contribution >= 0.6 is 0 Å². The van der Waals surface area contributed by atoms with Crippen LogP contribution in [0.4, 0.5) is 4.79 Å². The predicted molar refractivity (Wildman–Crippen MR) is 125 cm³/mol. The van der Waals surface area contributed by atoms with Gasteiger partial charge in [-0.15, -0.1) is 0 Å². The third kappa shape index (κ3) is 7.31. The molecule has 1 aromatic heterocycles. The Hall–Kier alpha value is -2.48. The summed E-state index contributed by atoms with van der Waals surface area (Å²) in [6, 6.07) is 3.67. The van der Waals surface area contributed by atoms with Crippen molar-refractivity contribution in [3.63, 3.8) is 0 Å². The quantitative estimate of drug-likeness (QED) is 0.387. The molecule has 0 spiro atoms. The highest BCUT2D eigenvalue weighted by Gasteiger charge is 2.19. The molecule has 31 heavy (non-hydrogen) atoms. The molecule has 2 rings (SSSR count). The molecule has 1 aromatic rings. The summed E-state index contributed by atoms with van der Waals surface area (Å²) in [4.78, 5) is 18.7. The summed E-state index contributed by atoms with van der Waals surface area (Å²) in [7, 11) is 3.49. The highest BCUT2D eigenvalue weighted by atomic mass is 16.5. The molecule has 0 bridgehead atoms. The lowest BCUT2D eigenvalue weighted by atomic mass is 9.98. The first-order valence-corrected chi connectivity index (χ1v) is 11.5. The largest absolute Gasteiger partial charge is 0.489 e. The van der Waals surface area contributed by atoms with Gasteiger partial charge in [0.25, 0.3) is 0 Å². The van der Waals surface area contributed by atoms with Gasteiger partial charge in [0.15, 0.2) is 0 Å². The Balaban J connectivity index is 2.15. The van der Waals surface area contributed by atoms with E-state index in [9.17, 15) is 4.79 Å². The number of nitrogens with two attached hydrogens (primary N) is 2. The summed E-state index contributed by atoms with van der Waals surface area (Å²) in [5.74, 6) is 6.85. The summed E-state index contributed by atoms with van der Waals surface area (Å²) >= 11 is 0. The van der Waals surface area contributed by atoms with Crippen molar-refractivity contribution in [1.29, 1.82) is 0 Å². The van der Waals surface area contributed by atoms with Crippen LogP contribution in [0, 0.1) is 0 Å². The zero-order valence-electron chi connectivity index (χ0n) is 19.6. The van der Waals surface area contributed by atoms with Crippen LogP contribution in [0.3, 0.4) is 0 Å². The summed E-state index contributed by atoms with van der Waals surface area (Å²) in [5.41, 5.74) is 9.00. The number of nitrogens with zero attached hydrogens (tertiary/aromatic N) is 3. The van der Waals surface area contributed by atoms with E-state index in [1.54, 1.807) is 19.0 Å². The number of hydrogen-bond donors (Lipinski definition) is 3. The molecule has 0 radical (unpaired) electrons. The van der Waals surface area contributed by atoms with Gasteiger partial charge in [0, 0.05) is 20.6 Å². The molecule has 1 aliphatic carbocycles. The molecule has 0 aliphatic heterocycles. The number of likely N-dealkylation sites (N-methyl/N-ethyl adjacent to an activating group) is 1. The van der Waals surface area contributed by atoms with Crippen molar-refractivity contribution >= 4 is 11.7 Å². The molecule has 1 saturated carbocycles. The maximum atomic E-state index is 12.3. The zero-order chi connectivity index (χ0) is 22.8. The van der Waals surface area contributed by atoms with Gasteiger partial charge in [-0.2, -0.15) is 0 Å². The van der Waals surface area contributed by atoms with Crippen molar-refractivity contribution < 1.29 is 9.53 Å². The smallest absolute Gasteiger partial charge is 0.317 e. The number of aryl methyl sites for hydroxylation is 1. The number of hydrogen-bond acceptors (Lipinski definition) is 6. The fourth-order valence-corrected chi connectivity index (χ4v) is 3.71. The van der Waals surface area contributed by atoms with E-state index in [2.05, 4.69) is 19.2 Å². The summed E-state index contributed by atoms with van der Waals surface area (Å²) in [6.45, 7) is 5.08. The molecular formula is C23H40N6O2. The summed E-state index contributed by atoms with van der Waals surface area (Å²) < 4.78 is 6.24. The third-order valence-corrected chi connectivity index (χ3v) is 5.73. The average Bonchev–Trinajstić information content (AvgIpc) is 2.77. The Labute approximate surface area is 187 Å². The molecule has 0 atom stereocenters. The lowest BCUT2D eigenvalue weighted by molar-refractivity contribution is 0.153. The van der Waals surface area contributed by atoms with Gasteiger partial charge in [-0.3, -0.25) is 0 Å². The Morgan fingerprint density at radius 3 is 2.55 bits per heavy atom. The van der Waals surface area contributed by atoms with Crippen molar-refractivity contribution in [2.45, 2.75) is 71.3 Å². The standard InChI is InChI=1S/C23H40N6O2/c1-5-7-15-28(3)23(30)26-16-20(29(4)25)22(24)19-13-14-21(18(6-2)27-19)31-17-11-9-8-10-12-17/h13-14,17H,5-12,15-16,24-25H2,1-4H3,(H,26,30)/b22-20-. The van der Waals surface area contributed by atoms with Crippen LogP contribution in [0.15, 0.2) is 17.8 Å². The molecule has 1 aliphatic rings. The van der Waals surface area contributed by atoms with Gasteiger partial charge in [0.05, 0.1) is 35.4 Å². The van der Waals surface area contributed by atoms with Crippen LogP contribution < -0.4 is 21.6 Å².